The number of unbranched alkanes of at least 4 members (excludes halogenated alkanes) is 2. The average molecular weight is 196 g/mol. The molecule has 0 heterocycles. The lowest BCUT2D eigenvalue weighted by atomic mass is 9.78. The van der Waals surface area contributed by atoms with Gasteiger partial charge in [0.25, 0.3) is 0 Å². The maximum absolute atomic E-state index is 2.31. The van der Waals surface area contributed by atoms with Crippen molar-refractivity contribution < 1.29 is 0 Å². The van der Waals surface area contributed by atoms with Gasteiger partial charge in [-0.3, -0.25) is 0 Å². The molecule has 0 bridgehead atoms. The van der Waals surface area contributed by atoms with E-state index in [-0.39, 0.29) is 0 Å². The Morgan fingerprint density at radius 2 is 1.07 bits per heavy atom. The van der Waals surface area contributed by atoms with Crippen LogP contribution in [0.25, 0.3) is 0 Å². The van der Waals surface area contributed by atoms with Crippen LogP contribution in [0.1, 0.15) is 78.1 Å². The van der Waals surface area contributed by atoms with E-state index in [0.29, 0.717) is 0 Å². The smallest absolute Gasteiger partial charge is 0.0414 e. The minimum absolute atomic E-state index is 1.09. The Kier molecular flexibility index (Phi) is 6.31. The van der Waals surface area contributed by atoms with Crippen LogP contribution in [-0.2, 0) is 0 Å². The molecule has 0 aromatic rings. The number of rotatable bonds is 6. The van der Waals surface area contributed by atoms with E-state index in [1.165, 1.54) is 64.2 Å². The Morgan fingerprint density at radius 3 is 1.36 bits per heavy atom. The lowest BCUT2D eigenvalue weighted by Gasteiger charge is -2.28. The summed E-state index contributed by atoms with van der Waals surface area (Å²) in [7, 11) is 0. The van der Waals surface area contributed by atoms with Crippen molar-refractivity contribution in [2.24, 2.45) is 11.8 Å². The van der Waals surface area contributed by atoms with Crippen LogP contribution in [-0.4, -0.2) is 0 Å². The minimum Gasteiger partial charge on any atom is -0.0654 e. The van der Waals surface area contributed by atoms with E-state index in [2.05, 4.69) is 13.8 Å². The van der Waals surface area contributed by atoms with Crippen LogP contribution in [0.2, 0.25) is 0 Å². The molecular formula is C14H28. The van der Waals surface area contributed by atoms with Gasteiger partial charge >= 0.3 is 0 Å². The first kappa shape index (κ1) is 12.1. The second kappa shape index (κ2) is 7.31. The van der Waals surface area contributed by atoms with Crippen LogP contribution in [0.4, 0.5) is 0 Å². The third kappa shape index (κ3) is 4.48. The molecule has 0 heteroatoms. The van der Waals surface area contributed by atoms with Crippen molar-refractivity contribution in [1.82, 2.24) is 0 Å². The molecule has 0 N–H and O–H groups in total. The fourth-order valence-electron chi connectivity index (χ4n) is 2.79. The van der Waals surface area contributed by atoms with E-state index < -0.39 is 0 Å². The van der Waals surface area contributed by atoms with E-state index in [1.54, 1.807) is 0 Å². The molecule has 0 unspecified atom stereocenters. The Hall–Kier alpha value is 0. The van der Waals surface area contributed by atoms with E-state index in [1.807, 2.05) is 0 Å². The summed E-state index contributed by atoms with van der Waals surface area (Å²) in [6, 6.07) is 0. The highest BCUT2D eigenvalue weighted by Gasteiger charge is 2.19. The summed E-state index contributed by atoms with van der Waals surface area (Å²) in [5.41, 5.74) is 0. The van der Waals surface area contributed by atoms with Crippen LogP contribution in [0, 0.1) is 11.8 Å². The van der Waals surface area contributed by atoms with Crippen LogP contribution >= 0.6 is 0 Å². The third-order valence-corrected chi connectivity index (χ3v) is 3.90. The Morgan fingerprint density at radius 1 is 0.714 bits per heavy atom. The highest BCUT2D eigenvalue weighted by molar-refractivity contribution is 4.72. The van der Waals surface area contributed by atoms with Gasteiger partial charge in [-0.05, 0) is 11.8 Å². The normalized spacial score (nSPS) is 27.9. The Bertz CT molecular complexity index is 104. The lowest BCUT2D eigenvalue weighted by Crippen LogP contribution is -2.14. The fraction of sp³-hybridized carbons (Fsp3) is 1.00. The maximum Gasteiger partial charge on any atom is -0.0414 e. The molecule has 84 valence electrons. The quantitative estimate of drug-likeness (QED) is 0.549. The Labute approximate surface area is 90.5 Å². The first-order valence-electron chi connectivity index (χ1n) is 6.86. The standard InChI is InChI=1S/C14H28/c1-3-5-7-13-9-11-14(12-10-13)8-6-4-2/h13-14H,3-12H2,1-2H3. The number of hydrogen-bond acceptors (Lipinski definition) is 0. The molecule has 0 aromatic heterocycles. The predicted octanol–water partition coefficient (Wildman–Crippen LogP) is 5.17. The second-order valence-corrected chi connectivity index (χ2v) is 5.17. The summed E-state index contributed by atoms with van der Waals surface area (Å²) < 4.78 is 0. The van der Waals surface area contributed by atoms with Crippen molar-refractivity contribution in [1.29, 1.82) is 0 Å². The lowest BCUT2D eigenvalue weighted by molar-refractivity contribution is 0.246. The van der Waals surface area contributed by atoms with E-state index in [0.717, 1.165) is 11.8 Å². The molecule has 0 saturated heterocycles. The molecular weight excluding hydrogens is 168 g/mol. The zero-order valence-corrected chi connectivity index (χ0v) is 10.2. The van der Waals surface area contributed by atoms with Gasteiger partial charge < -0.3 is 0 Å². The van der Waals surface area contributed by atoms with Crippen molar-refractivity contribution in [3.8, 4) is 0 Å². The van der Waals surface area contributed by atoms with Gasteiger partial charge in [-0.25, -0.2) is 0 Å². The molecule has 1 rings (SSSR count). The van der Waals surface area contributed by atoms with Crippen molar-refractivity contribution in [3.63, 3.8) is 0 Å². The van der Waals surface area contributed by atoms with Gasteiger partial charge in [-0.1, -0.05) is 78.1 Å². The minimum atomic E-state index is 1.09. The second-order valence-electron chi connectivity index (χ2n) is 5.17. The van der Waals surface area contributed by atoms with Crippen molar-refractivity contribution in [2.45, 2.75) is 78.1 Å². The monoisotopic (exact) mass is 196 g/mol. The van der Waals surface area contributed by atoms with E-state index >= 15 is 0 Å². The summed E-state index contributed by atoms with van der Waals surface area (Å²) in [6.45, 7) is 4.62. The van der Waals surface area contributed by atoms with Crippen molar-refractivity contribution >= 4 is 0 Å². The van der Waals surface area contributed by atoms with Gasteiger partial charge in [0.2, 0.25) is 0 Å². The SMILES string of the molecule is CCCCC1CCC(CCCC)CC1. The maximum atomic E-state index is 2.31. The third-order valence-electron chi connectivity index (χ3n) is 3.90. The van der Waals surface area contributed by atoms with Gasteiger partial charge in [0.05, 0.1) is 0 Å². The van der Waals surface area contributed by atoms with Gasteiger partial charge in [0.1, 0.15) is 0 Å². The molecule has 0 radical (unpaired) electrons. The average Bonchev–Trinajstić information content (AvgIpc) is 2.25. The summed E-state index contributed by atoms with van der Waals surface area (Å²) in [4.78, 5) is 0. The van der Waals surface area contributed by atoms with Gasteiger partial charge in [-0.15, -0.1) is 0 Å². The predicted molar refractivity (Wildman–Crippen MR) is 64.5 cm³/mol. The zero-order chi connectivity index (χ0) is 10.2. The van der Waals surface area contributed by atoms with Crippen LogP contribution in [0.5, 0.6) is 0 Å². The molecule has 0 amide bonds. The molecule has 0 nitrogen and oxygen atoms in total. The fourth-order valence-corrected chi connectivity index (χ4v) is 2.79. The first-order valence-corrected chi connectivity index (χ1v) is 6.86. The summed E-state index contributed by atoms with van der Waals surface area (Å²) in [5.74, 6) is 2.18. The summed E-state index contributed by atoms with van der Waals surface area (Å²) in [5, 5.41) is 0. The molecule has 1 aliphatic carbocycles. The number of hydrogen-bond donors (Lipinski definition) is 0. The van der Waals surface area contributed by atoms with Crippen molar-refractivity contribution in [2.75, 3.05) is 0 Å². The highest BCUT2D eigenvalue weighted by Crippen LogP contribution is 2.34. The molecule has 0 spiro atoms. The molecule has 0 aliphatic heterocycles. The summed E-state index contributed by atoms with van der Waals surface area (Å²) in [6.07, 6.45) is 14.9. The van der Waals surface area contributed by atoms with E-state index in [9.17, 15) is 0 Å². The van der Waals surface area contributed by atoms with Crippen LogP contribution in [0.3, 0.4) is 0 Å². The van der Waals surface area contributed by atoms with Crippen molar-refractivity contribution in [3.05, 3.63) is 0 Å². The van der Waals surface area contributed by atoms with Gasteiger partial charge in [0, 0.05) is 0 Å². The molecule has 0 aromatic carbocycles. The molecule has 1 aliphatic rings. The highest BCUT2D eigenvalue weighted by atomic mass is 14.3. The van der Waals surface area contributed by atoms with E-state index in [4.69, 9.17) is 0 Å². The van der Waals surface area contributed by atoms with Gasteiger partial charge in [-0.2, -0.15) is 0 Å². The topological polar surface area (TPSA) is 0 Å². The molecule has 1 saturated carbocycles. The molecule has 0 atom stereocenters. The summed E-state index contributed by atoms with van der Waals surface area (Å²) >= 11 is 0. The zero-order valence-electron chi connectivity index (χ0n) is 10.2. The van der Waals surface area contributed by atoms with Crippen LogP contribution in [0.15, 0.2) is 0 Å². The first-order chi connectivity index (χ1) is 6.86. The molecule has 1 fully saturated rings. The Balaban J connectivity index is 2.05. The molecule has 14 heavy (non-hydrogen) atoms. The van der Waals surface area contributed by atoms with Crippen LogP contribution < -0.4 is 0 Å². The largest absolute Gasteiger partial charge is 0.0654 e. The van der Waals surface area contributed by atoms with Gasteiger partial charge in [0.15, 0.2) is 0 Å².